The Hall–Kier alpha value is -3.31. The third-order valence-corrected chi connectivity index (χ3v) is 3.46. The van der Waals surface area contributed by atoms with Crippen molar-refractivity contribution < 1.29 is 9.53 Å². The van der Waals surface area contributed by atoms with E-state index in [1.54, 1.807) is 31.2 Å². The third-order valence-electron chi connectivity index (χ3n) is 3.46. The van der Waals surface area contributed by atoms with Gasteiger partial charge in [0.05, 0.1) is 0 Å². The van der Waals surface area contributed by atoms with E-state index in [4.69, 9.17) is 4.74 Å². The van der Waals surface area contributed by atoms with E-state index < -0.39 is 0 Å². The van der Waals surface area contributed by atoms with Gasteiger partial charge in [0.1, 0.15) is 11.5 Å². The number of hydrogen-bond donors (Lipinski definition) is 0. The molecule has 0 fully saturated rings. The first kappa shape index (κ1) is 15.6. The van der Waals surface area contributed by atoms with Crippen molar-refractivity contribution in [1.29, 1.82) is 0 Å². The number of benzene rings is 3. The molecular weight excluding hydrogens is 296 g/mol. The molecule has 0 N–H and O–H groups in total. The smallest absolute Gasteiger partial charge is 0.159 e. The monoisotopic (exact) mass is 312 g/mol. The lowest BCUT2D eigenvalue weighted by atomic mass is 10.1. The Morgan fingerprint density at radius 2 is 1.42 bits per heavy atom. The third kappa shape index (κ3) is 4.12. The number of Topliss-reactive ketones (excluding diaryl/α,β-unsaturated/α-hetero) is 1. The van der Waals surface area contributed by atoms with Gasteiger partial charge in [0.25, 0.3) is 0 Å². The fourth-order valence-electron chi connectivity index (χ4n) is 2.20. The van der Waals surface area contributed by atoms with Crippen LogP contribution in [0.3, 0.4) is 0 Å². The molecular formula is C22H16O2. The minimum atomic E-state index is 0.0414. The Morgan fingerprint density at radius 3 is 2.12 bits per heavy atom. The zero-order valence-corrected chi connectivity index (χ0v) is 13.3. The van der Waals surface area contributed by atoms with Crippen LogP contribution in [-0.2, 0) is 0 Å². The minimum Gasteiger partial charge on any atom is -0.457 e. The van der Waals surface area contributed by atoms with Gasteiger partial charge < -0.3 is 4.74 Å². The average Bonchev–Trinajstić information content (AvgIpc) is 2.62. The van der Waals surface area contributed by atoms with Crippen molar-refractivity contribution >= 4 is 5.78 Å². The van der Waals surface area contributed by atoms with E-state index in [0.29, 0.717) is 17.1 Å². The van der Waals surface area contributed by atoms with E-state index in [-0.39, 0.29) is 5.78 Å². The summed E-state index contributed by atoms with van der Waals surface area (Å²) >= 11 is 0. The molecule has 0 saturated heterocycles. The first-order valence-electron chi connectivity index (χ1n) is 7.67. The van der Waals surface area contributed by atoms with Crippen LogP contribution < -0.4 is 4.74 Å². The Bertz CT molecular complexity index is 898. The molecule has 0 unspecified atom stereocenters. The van der Waals surface area contributed by atoms with Gasteiger partial charge in [0.2, 0.25) is 0 Å². The van der Waals surface area contributed by atoms with Gasteiger partial charge in [-0.25, -0.2) is 0 Å². The molecule has 0 bridgehead atoms. The van der Waals surface area contributed by atoms with Gasteiger partial charge in [-0.3, -0.25) is 4.79 Å². The number of rotatable bonds is 3. The summed E-state index contributed by atoms with van der Waals surface area (Å²) in [5.41, 5.74) is 2.53. The van der Waals surface area contributed by atoms with Crippen molar-refractivity contribution in [3.8, 4) is 23.3 Å². The number of carbonyl (C=O) groups excluding carboxylic acids is 1. The summed E-state index contributed by atoms with van der Waals surface area (Å²) in [5.74, 6) is 7.71. The van der Waals surface area contributed by atoms with Crippen LogP contribution in [0.5, 0.6) is 11.5 Å². The lowest BCUT2D eigenvalue weighted by molar-refractivity contribution is 0.101. The molecule has 0 aliphatic rings. The van der Waals surface area contributed by atoms with Crippen molar-refractivity contribution in [1.82, 2.24) is 0 Å². The van der Waals surface area contributed by atoms with Crippen molar-refractivity contribution in [2.45, 2.75) is 6.92 Å². The van der Waals surface area contributed by atoms with Crippen LogP contribution in [0.4, 0.5) is 0 Å². The molecule has 3 aromatic carbocycles. The summed E-state index contributed by atoms with van der Waals surface area (Å²) in [6.07, 6.45) is 0. The van der Waals surface area contributed by atoms with Gasteiger partial charge in [0.15, 0.2) is 5.78 Å². The van der Waals surface area contributed by atoms with E-state index in [1.807, 2.05) is 54.6 Å². The van der Waals surface area contributed by atoms with Crippen LogP contribution in [0.1, 0.15) is 28.4 Å². The number of ether oxygens (including phenoxy) is 1. The molecule has 0 saturated carbocycles. The van der Waals surface area contributed by atoms with Gasteiger partial charge in [-0.15, -0.1) is 0 Å². The fraction of sp³-hybridized carbons (Fsp3) is 0.0455. The molecule has 2 heteroatoms. The van der Waals surface area contributed by atoms with Crippen LogP contribution in [0.15, 0.2) is 78.9 Å². The Morgan fingerprint density at radius 1 is 0.750 bits per heavy atom. The highest BCUT2D eigenvalue weighted by atomic mass is 16.5. The van der Waals surface area contributed by atoms with Crippen LogP contribution >= 0.6 is 0 Å². The second kappa shape index (κ2) is 7.30. The lowest BCUT2D eigenvalue weighted by Gasteiger charge is -2.06. The molecule has 2 nitrogen and oxygen atoms in total. The quantitative estimate of drug-likeness (QED) is 0.498. The summed E-state index contributed by atoms with van der Waals surface area (Å²) in [6, 6.07) is 24.6. The van der Waals surface area contributed by atoms with Gasteiger partial charge in [-0.1, -0.05) is 36.1 Å². The maximum absolute atomic E-state index is 11.3. The topological polar surface area (TPSA) is 26.3 Å². The van der Waals surface area contributed by atoms with Crippen molar-refractivity contribution in [2.75, 3.05) is 0 Å². The largest absolute Gasteiger partial charge is 0.457 e. The van der Waals surface area contributed by atoms with Crippen molar-refractivity contribution in [3.05, 3.63) is 95.6 Å². The minimum absolute atomic E-state index is 0.0414. The predicted molar refractivity (Wildman–Crippen MR) is 95.4 cm³/mol. The van der Waals surface area contributed by atoms with Gasteiger partial charge in [-0.2, -0.15) is 0 Å². The van der Waals surface area contributed by atoms with Crippen LogP contribution in [0.25, 0.3) is 0 Å². The number of ketones is 1. The van der Waals surface area contributed by atoms with Crippen molar-refractivity contribution in [2.24, 2.45) is 0 Å². The van der Waals surface area contributed by atoms with E-state index in [2.05, 4.69) is 11.8 Å². The standard InChI is InChI=1S/C22H16O2/c1-17(23)20-12-14-21(15-13-20)24-22-9-5-8-19(16-22)11-10-18-6-3-2-4-7-18/h2-9,12-16H,1H3. The van der Waals surface area contributed by atoms with Crippen LogP contribution in [0.2, 0.25) is 0 Å². The Kier molecular flexibility index (Phi) is 4.74. The number of hydrogen-bond acceptors (Lipinski definition) is 2. The van der Waals surface area contributed by atoms with Gasteiger partial charge in [0, 0.05) is 16.7 Å². The fourth-order valence-corrected chi connectivity index (χ4v) is 2.20. The van der Waals surface area contributed by atoms with Crippen molar-refractivity contribution in [3.63, 3.8) is 0 Å². The van der Waals surface area contributed by atoms with Crippen LogP contribution in [0, 0.1) is 11.8 Å². The maximum Gasteiger partial charge on any atom is 0.159 e. The molecule has 116 valence electrons. The molecule has 0 aliphatic carbocycles. The predicted octanol–water partition coefficient (Wildman–Crippen LogP) is 5.08. The second-order valence-corrected chi connectivity index (χ2v) is 5.33. The van der Waals surface area contributed by atoms with Gasteiger partial charge in [-0.05, 0) is 61.5 Å². The Balaban J connectivity index is 1.76. The summed E-state index contributed by atoms with van der Waals surface area (Å²) < 4.78 is 5.83. The van der Waals surface area contributed by atoms with E-state index >= 15 is 0 Å². The zero-order valence-electron chi connectivity index (χ0n) is 13.3. The summed E-state index contributed by atoms with van der Waals surface area (Å²) in [4.78, 5) is 11.3. The first-order valence-corrected chi connectivity index (χ1v) is 7.67. The zero-order chi connectivity index (χ0) is 16.8. The number of carbonyl (C=O) groups is 1. The second-order valence-electron chi connectivity index (χ2n) is 5.33. The molecule has 0 amide bonds. The summed E-state index contributed by atoms with van der Waals surface area (Å²) in [6.45, 7) is 1.55. The Labute approximate surface area is 141 Å². The molecule has 0 atom stereocenters. The highest BCUT2D eigenvalue weighted by molar-refractivity contribution is 5.94. The first-order chi connectivity index (χ1) is 11.7. The molecule has 0 radical (unpaired) electrons. The van der Waals surface area contributed by atoms with E-state index in [1.165, 1.54) is 0 Å². The molecule has 0 heterocycles. The average molecular weight is 312 g/mol. The highest BCUT2D eigenvalue weighted by Gasteiger charge is 2.01. The molecule has 3 rings (SSSR count). The SMILES string of the molecule is CC(=O)c1ccc(Oc2cccc(C#Cc3ccccc3)c2)cc1. The summed E-state index contributed by atoms with van der Waals surface area (Å²) in [5, 5.41) is 0. The highest BCUT2D eigenvalue weighted by Crippen LogP contribution is 2.22. The van der Waals surface area contributed by atoms with E-state index in [0.717, 1.165) is 11.1 Å². The summed E-state index contributed by atoms with van der Waals surface area (Å²) in [7, 11) is 0. The molecule has 24 heavy (non-hydrogen) atoms. The van der Waals surface area contributed by atoms with Crippen LogP contribution in [-0.4, -0.2) is 5.78 Å². The molecule has 0 aromatic heterocycles. The molecule has 0 spiro atoms. The van der Waals surface area contributed by atoms with E-state index in [9.17, 15) is 4.79 Å². The molecule has 0 aliphatic heterocycles. The maximum atomic E-state index is 11.3. The van der Waals surface area contributed by atoms with Gasteiger partial charge >= 0.3 is 0 Å². The molecule has 3 aromatic rings. The lowest BCUT2D eigenvalue weighted by Crippen LogP contribution is -1.91. The normalized spacial score (nSPS) is 9.71.